The highest BCUT2D eigenvalue weighted by molar-refractivity contribution is 7.99. The number of carbonyl (C=O) groups excluding carboxylic acids is 2. The Kier molecular flexibility index (Phi) is 7.17. The van der Waals surface area contributed by atoms with Gasteiger partial charge in [0, 0.05) is 24.1 Å². The first-order chi connectivity index (χ1) is 16.5. The predicted molar refractivity (Wildman–Crippen MR) is 128 cm³/mol. The number of nitrogens with zero attached hydrogens (tertiary/aromatic N) is 3. The number of thioether (sulfide) groups is 1. The third-order valence-corrected chi connectivity index (χ3v) is 6.36. The highest BCUT2D eigenvalue weighted by atomic mass is 32.2. The average Bonchev–Trinajstić information content (AvgIpc) is 3.23. The van der Waals surface area contributed by atoms with Gasteiger partial charge in [-0.2, -0.15) is 0 Å². The second kappa shape index (κ2) is 10.4. The molecule has 1 aliphatic rings. The number of rotatable bonds is 8. The van der Waals surface area contributed by atoms with Gasteiger partial charge in [0.25, 0.3) is 0 Å². The van der Waals surface area contributed by atoms with Gasteiger partial charge in [-0.05, 0) is 24.6 Å². The number of aromatic nitrogens is 3. The van der Waals surface area contributed by atoms with Crippen LogP contribution in [0.1, 0.15) is 18.5 Å². The summed E-state index contributed by atoms with van der Waals surface area (Å²) in [5.41, 5.74) is 2.51. The summed E-state index contributed by atoms with van der Waals surface area (Å²) in [5.74, 6) is 1.22. The largest absolute Gasteiger partial charge is 0.497 e. The van der Waals surface area contributed by atoms with Crippen LogP contribution in [0, 0.1) is 0 Å². The molecule has 10 heteroatoms. The Morgan fingerprint density at radius 3 is 2.53 bits per heavy atom. The van der Waals surface area contributed by atoms with Crippen LogP contribution >= 0.6 is 11.8 Å². The topological polar surface area (TPSA) is 107 Å². The number of urea groups is 1. The minimum Gasteiger partial charge on any atom is -0.497 e. The summed E-state index contributed by atoms with van der Waals surface area (Å²) >= 11 is 1.37. The third kappa shape index (κ3) is 4.91. The number of amides is 2. The first-order valence-electron chi connectivity index (χ1n) is 10.7. The van der Waals surface area contributed by atoms with E-state index in [2.05, 4.69) is 20.8 Å². The fourth-order valence-electron chi connectivity index (χ4n) is 3.64. The van der Waals surface area contributed by atoms with Crippen molar-refractivity contribution in [2.45, 2.75) is 18.1 Å². The summed E-state index contributed by atoms with van der Waals surface area (Å²) < 4.78 is 12.4. The average molecular weight is 480 g/mol. The SMILES string of the molecule is CCOC(=O)C1=C(CSc2nnc(-c3ccccc3)n2C)NC(=O)NC1c1ccc(OC)cc1. The van der Waals surface area contributed by atoms with Crippen molar-refractivity contribution < 1.29 is 19.1 Å². The molecule has 0 saturated carbocycles. The lowest BCUT2D eigenvalue weighted by Crippen LogP contribution is -2.46. The molecule has 1 aliphatic heterocycles. The molecule has 0 aliphatic carbocycles. The highest BCUT2D eigenvalue weighted by Crippen LogP contribution is 2.32. The number of carbonyl (C=O) groups is 2. The monoisotopic (exact) mass is 479 g/mol. The minimum absolute atomic E-state index is 0.218. The quantitative estimate of drug-likeness (QED) is 0.376. The van der Waals surface area contributed by atoms with Gasteiger partial charge in [0.2, 0.25) is 0 Å². The van der Waals surface area contributed by atoms with Crippen molar-refractivity contribution in [1.82, 2.24) is 25.4 Å². The number of hydrogen-bond donors (Lipinski definition) is 2. The molecule has 1 atom stereocenters. The van der Waals surface area contributed by atoms with Gasteiger partial charge in [0.1, 0.15) is 5.75 Å². The summed E-state index contributed by atoms with van der Waals surface area (Å²) in [6.45, 7) is 1.96. The van der Waals surface area contributed by atoms with E-state index in [1.54, 1.807) is 26.2 Å². The Balaban J connectivity index is 1.64. The Morgan fingerprint density at radius 1 is 1.12 bits per heavy atom. The van der Waals surface area contributed by atoms with Crippen LogP contribution in [-0.2, 0) is 16.6 Å². The molecule has 34 heavy (non-hydrogen) atoms. The number of hydrogen-bond acceptors (Lipinski definition) is 7. The number of ether oxygens (including phenoxy) is 2. The lowest BCUT2D eigenvalue weighted by molar-refractivity contribution is -0.139. The zero-order valence-corrected chi connectivity index (χ0v) is 19.9. The molecule has 0 fully saturated rings. The Bertz CT molecular complexity index is 1210. The second-order valence-corrected chi connectivity index (χ2v) is 8.38. The fraction of sp³-hybridized carbons (Fsp3) is 0.250. The first kappa shape index (κ1) is 23.4. The van der Waals surface area contributed by atoms with Gasteiger partial charge in [0.15, 0.2) is 11.0 Å². The molecular weight excluding hydrogens is 454 g/mol. The third-order valence-electron chi connectivity index (χ3n) is 5.31. The number of benzene rings is 2. The van der Waals surface area contributed by atoms with Crippen LogP contribution in [0.5, 0.6) is 5.75 Å². The molecule has 0 saturated heterocycles. The molecule has 1 aromatic heterocycles. The van der Waals surface area contributed by atoms with Crippen molar-refractivity contribution in [3.05, 3.63) is 71.4 Å². The van der Waals surface area contributed by atoms with Crippen LogP contribution in [0.3, 0.4) is 0 Å². The summed E-state index contributed by atoms with van der Waals surface area (Å²) in [6.07, 6.45) is 0. The van der Waals surface area contributed by atoms with Crippen LogP contribution in [-0.4, -0.2) is 46.2 Å². The summed E-state index contributed by atoms with van der Waals surface area (Å²) in [6, 6.07) is 15.9. The van der Waals surface area contributed by atoms with Crippen LogP contribution in [0.4, 0.5) is 4.79 Å². The fourth-order valence-corrected chi connectivity index (χ4v) is 4.52. The summed E-state index contributed by atoms with van der Waals surface area (Å²) in [5, 5.41) is 14.9. The lowest BCUT2D eigenvalue weighted by Gasteiger charge is -2.29. The maximum atomic E-state index is 13.0. The maximum Gasteiger partial charge on any atom is 0.338 e. The molecule has 3 aromatic rings. The molecule has 2 aromatic carbocycles. The molecule has 0 spiro atoms. The van der Waals surface area contributed by atoms with E-state index >= 15 is 0 Å². The van der Waals surface area contributed by atoms with Crippen LogP contribution in [0.25, 0.3) is 11.4 Å². The number of esters is 1. The van der Waals surface area contributed by atoms with E-state index in [0.717, 1.165) is 17.0 Å². The molecule has 0 bridgehead atoms. The van der Waals surface area contributed by atoms with E-state index < -0.39 is 18.0 Å². The zero-order valence-electron chi connectivity index (χ0n) is 19.1. The molecule has 2 amide bonds. The van der Waals surface area contributed by atoms with E-state index in [1.807, 2.05) is 54.1 Å². The van der Waals surface area contributed by atoms with Crippen LogP contribution in [0.2, 0.25) is 0 Å². The second-order valence-electron chi connectivity index (χ2n) is 7.44. The number of nitrogens with one attached hydrogen (secondary N) is 2. The van der Waals surface area contributed by atoms with Crippen LogP contribution in [0.15, 0.2) is 71.0 Å². The Labute approximate surface area is 201 Å². The maximum absolute atomic E-state index is 13.0. The van der Waals surface area contributed by atoms with Gasteiger partial charge in [-0.3, -0.25) is 0 Å². The van der Waals surface area contributed by atoms with E-state index in [-0.39, 0.29) is 6.61 Å². The van der Waals surface area contributed by atoms with Crippen molar-refractivity contribution in [1.29, 1.82) is 0 Å². The van der Waals surface area contributed by atoms with Gasteiger partial charge >= 0.3 is 12.0 Å². The predicted octanol–water partition coefficient (Wildman–Crippen LogP) is 3.45. The molecule has 1 unspecified atom stereocenters. The molecule has 2 N–H and O–H groups in total. The highest BCUT2D eigenvalue weighted by Gasteiger charge is 2.34. The van der Waals surface area contributed by atoms with Crippen molar-refractivity contribution in [2.24, 2.45) is 7.05 Å². The van der Waals surface area contributed by atoms with Gasteiger partial charge in [-0.15, -0.1) is 10.2 Å². The first-order valence-corrected chi connectivity index (χ1v) is 11.7. The zero-order chi connectivity index (χ0) is 24.1. The Hall–Kier alpha value is -3.79. The Morgan fingerprint density at radius 2 is 1.85 bits per heavy atom. The standard InChI is InChI=1S/C24H25N5O4S/c1-4-33-22(30)19-18(25-23(31)26-20(19)15-10-12-17(32-3)13-11-15)14-34-24-28-27-21(29(24)2)16-8-6-5-7-9-16/h5-13,20H,4,14H2,1-3H3,(H2,25,26,31). The number of methoxy groups -OCH3 is 1. The summed E-state index contributed by atoms with van der Waals surface area (Å²) in [4.78, 5) is 25.4. The molecule has 176 valence electrons. The molecule has 2 heterocycles. The van der Waals surface area contributed by atoms with Crippen molar-refractivity contribution in [3.8, 4) is 17.1 Å². The van der Waals surface area contributed by atoms with E-state index in [0.29, 0.717) is 27.9 Å². The molecule has 0 radical (unpaired) electrons. The molecule has 4 rings (SSSR count). The van der Waals surface area contributed by atoms with Crippen molar-refractivity contribution in [2.75, 3.05) is 19.5 Å². The van der Waals surface area contributed by atoms with Gasteiger partial charge in [-0.25, -0.2) is 9.59 Å². The lowest BCUT2D eigenvalue weighted by atomic mass is 9.95. The summed E-state index contributed by atoms with van der Waals surface area (Å²) in [7, 11) is 3.46. The van der Waals surface area contributed by atoms with Gasteiger partial charge in [-0.1, -0.05) is 54.2 Å². The van der Waals surface area contributed by atoms with Gasteiger partial charge < -0.3 is 24.7 Å². The smallest absolute Gasteiger partial charge is 0.338 e. The normalized spacial score (nSPS) is 15.5. The molecular formula is C24H25N5O4S. The molecule has 9 nitrogen and oxygen atoms in total. The van der Waals surface area contributed by atoms with Gasteiger partial charge in [0.05, 0.1) is 25.3 Å². The van der Waals surface area contributed by atoms with Crippen molar-refractivity contribution >= 4 is 23.8 Å². The van der Waals surface area contributed by atoms with E-state index in [4.69, 9.17) is 9.47 Å². The van der Waals surface area contributed by atoms with E-state index in [9.17, 15) is 9.59 Å². The van der Waals surface area contributed by atoms with E-state index in [1.165, 1.54) is 11.8 Å². The van der Waals surface area contributed by atoms with Crippen molar-refractivity contribution in [3.63, 3.8) is 0 Å². The minimum atomic E-state index is -0.659. The van der Waals surface area contributed by atoms with Crippen LogP contribution < -0.4 is 15.4 Å².